The van der Waals surface area contributed by atoms with Crippen molar-refractivity contribution in [3.05, 3.63) is 95.6 Å². The summed E-state index contributed by atoms with van der Waals surface area (Å²) in [5.74, 6) is -2.40. The van der Waals surface area contributed by atoms with Crippen LogP contribution in [0.3, 0.4) is 0 Å². The lowest BCUT2D eigenvalue weighted by atomic mass is 10.00. The number of ketones is 1. The van der Waals surface area contributed by atoms with Crippen molar-refractivity contribution in [2.75, 3.05) is 15.9 Å². The largest absolute Gasteiger partial charge is 0.478 e. The summed E-state index contributed by atoms with van der Waals surface area (Å²) >= 11 is 0. The van der Waals surface area contributed by atoms with Gasteiger partial charge < -0.3 is 5.11 Å². The Bertz CT molecular complexity index is 2030. The Kier molecular flexibility index (Phi) is 8.26. The number of hydrogen-bond donors (Lipinski definition) is 4. The summed E-state index contributed by atoms with van der Waals surface area (Å²) in [7, 11) is -4.37. The zero-order chi connectivity index (χ0) is 32.5. The van der Waals surface area contributed by atoms with E-state index in [1.54, 1.807) is 6.92 Å². The Morgan fingerprint density at radius 2 is 1.42 bits per heavy atom. The van der Waals surface area contributed by atoms with E-state index in [0.717, 1.165) is 27.3 Å². The van der Waals surface area contributed by atoms with Gasteiger partial charge >= 0.3 is 11.9 Å². The van der Waals surface area contributed by atoms with Gasteiger partial charge in [0.1, 0.15) is 5.57 Å². The smallest absolute Gasteiger partial charge is 0.339 e. The molecule has 1 aliphatic carbocycles. The molecule has 45 heavy (non-hydrogen) atoms. The molecule has 3 aromatic carbocycles. The number of allylic oxidation sites excluding steroid dienone is 3. The van der Waals surface area contributed by atoms with Gasteiger partial charge in [0, 0.05) is 0 Å². The highest BCUT2D eigenvalue weighted by atomic mass is 32.2. The lowest BCUT2D eigenvalue weighted by Gasteiger charge is -2.12. The fraction of sp³-hybridized carbons (Fsp3) is 0.0968. The summed E-state index contributed by atoms with van der Waals surface area (Å²) in [4.78, 5) is 35.6. The molecule has 0 aromatic heterocycles. The Balaban J connectivity index is 1.27. The van der Waals surface area contributed by atoms with E-state index < -0.39 is 27.8 Å². The number of carboxylic acid groups (broad SMARTS) is 1. The zero-order valence-corrected chi connectivity index (χ0v) is 25.0. The number of aliphatic carboxylic acids is 1. The van der Waals surface area contributed by atoms with Crippen LogP contribution < -0.4 is 15.9 Å². The maximum absolute atomic E-state index is 13.0. The van der Waals surface area contributed by atoms with Gasteiger partial charge in [0.2, 0.25) is 0 Å². The summed E-state index contributed by atoms with van der Waals surface area (Å²) in [5.41, 5.74) is 11.6. The minimum absolute atomic E-state index is 0.0876. The first-order chi connectivity index (χ1) is 21.3. The Morgan fingerprint density at radius 3 is 1.96 bits per heavy atom. The molecule has 1 aliphatic heterocycles. The number of hydrogen-bond acceptors (Lipinski definition) is 10. The summed E-state index contributed by atoms with van der Waals surface area (Å²) in [6, 6.07) is 16.5. The minimum atomic E-state index is -4.37. The SMILES string of the molecule is CC1=NN(c2ccc(S(=O)(=O)O)cc2)C(=O)/C1=N/Nc1ccc(-c2ccc(N/N=C3/C=CC(=O)C(C(=O)O)=C3)c(C)c2)cc1C. The van der Waals surface area contributed by atoms with E-state index in [4.69, 9.17) is 5.11 Å². The van der Waals surface area contributed by atoms with E-state index in [1.807, 2.05) is 50.2 Å². The van der Waals surface area contributed by atoms with E-state index in [1.165, 1.54) is 42.5 Å². The van der Waals surface area contributed by atoms with Crippen molar-refractivity contribution >= 4 is 62.0 Å². The molecule has 0 saturated carbocycles. The van der Waals surface area contributed by atoms with Crippen LogP contribution in [0.1, 0.15) is 18.1 Å². The molecule has 1 amide bonds. The van der Waals surface area contributed by atoms with Crippen molar-refractivity contribution in [3.63, 3.8) is 0 Å². The number of aryl methyl sites for hydroxylation is 2. The van der Waals surface area contributed by atoms with Crippen molar-refractivity contribution in [1.82, 2.24) is 0 Å². The summed E-state index contributed by atoms with van der Waals surface area (Å²) in [6.07, 6.45) is 3.82. The van der Waals surface area contributed by atoms with Crippen LogP contribution in [0.5, 0.6) is 0 Å². The van der Waals surface area contributed by atoms with Crippen LogP contribution in [0, 0.1) is 13.8 Å². The third kappa shape index (κ3) is 6.61. The number of nitrogens with zero attached hydrogens (tertiary/aromatic N) is 4. The van der Waals surface area contributed by atoms with Gasteiger partial charge in [-0.3, -0.25) is 25.0 Å². The Morgan fingerprint density at radius 1 is 0.844 bits per heavy atom. The molecule has 4 N–H and O–H groups in total. The second-order valence-electron chi connectivity index (χ2n) is 10.1. The van der Waals surface area contributed by atoms with Crippen molar-refractivity contribution in [1.29, 1.82) is 0 Å². The fourth-order valence-corrected chi connectivity index (χ4v) is 4.97. The molecule has 13 nitrogen and oxygen atoms in total. The highest BCUT2D eigenvalue weighted by molar-refractivity contribution is 7.85. The van der Waals surface area contributed by atoms with Crippen LogP contribution in [0.4, 0.5) is 17.1 Å². The zero-order valence-electron chi connectivity index (χ0n) is 24.1. The van der Waals surface area contributed by atoms with Gasteiger partial charge in [-0.2, -0.15) is 28.7 Å². The third-order valence-electron chi connectivity index (χ3n) is 6.94. The molecule has 228 valence electrons. The van der Waals surface area contributed by atoms with E-state index >= 15 is 0 Å². The standard InChI is InChI=1S/C31H26N6O7S/c1-17-14-20(4-11-26(17)33-32-22-6-13-28(38)25(16-22)31(40)41)21-5-12-27(18(2)15-21)34-35-29-19(3)36-37(30(29)39)23-7-9-24(10-8-23)45(42,43)44/h4-16,33-34H,1-3H3,(H,40,41)(H,42,43,44)/b32-22-,35-29+. The highest BCUT2D eigenvalue weighted by Crippen LogP contribution is 2.29. The molecule has 0 bridgehead atoms. The molecular formula is C31H26N6O7S. The molecule has 0 atom stereocenters. The molecule has 14 heteroatoms. The third-order valence-corrected chi connectivity index (χ3v) is 7.81. The molecule has 0 saturated heterocycles. The second-order valence-corrected chi connectivity index (χ2v) is 11.5. The minimum Gasteiger partial charge on any atom is -0.478 e. The maximum atomic E-state index is 13.0. The number of amides is 1. The summed E-state index contributed by atoms with van der Waals surface area (Å²) in [5, 5.41) is 23.0. The van der Waals surface area contributed by atoms with Crippen LogP contribution in [0.25, 0.3) is 11.1 Å². The highest BCUT2D eigenvalue weighted by Gasteiger charge is 2.31. The maximum Gasteiger partial charge on any atom is 0.339 e. The number of nitrogens with one attached hydrogen (secondary N) is 2. The number of hydrazone groups is 3. The Labute approximate surface area is 257 Å². The average Bonchev–Trinajstić information content (AvgIpc) is 3.28. The van der Waals surface area contributed by atoms with Crippen LogP contribution >= 0.6 is 0 Å². The summed E-state index contributed by atoms with van der Waals surface area (Å²) in [6.45, 7) is 5.43. The first-order valence-electron chi connectivity index (χ1n) is 13.4. The van der Waals surface area contributed by atoms with Gasteiger partial charge in [-0.15, -0.1) is 0 Å². The number of benzene rings is 3. The number of carboxylic acids is 1. The predicted octanol–water partition coefficient (Wildman–Crippen LogP) is 4.33. The lowest BCUT2D eigenvalue weighted by molar-refractivity contribution is -0.134. The molecule has 0 radical (unpaired) electrons. The van der Waals surface area contributed by atoms with Gasteiger partial charge in [-0.25, -0.2) is 4.79 Å². The Hall–Kier alpha value is -5.73. The van der Waals surface area contributed by atoms with E-state index in [0.29, 0.717) is 28.5 Å². The molecule has 0 spiro atoms. The molecule has 2 aliphatic rings. The fourth-order valence-electron chi connectivity index (χ4n) is 4.49. The molecule has 5 rings (SSSR count). The van der Waals surface area contributed by atoms with Gasteiger partial charge in [-0.05, 0) is 110 Å². The van der Waals surface area contributed by atoms with Crippen molar-refractivity contribution in [2.24, 2.45) is 15.3 Å². The molecule has 0 unspecified atom stereocenters. The van der Waals surface area contributed by atoms with Crippen molar-refractivity contribution < 1.29 is 32.5 Å². The number of carbonyl (C=O) groups is 3. The van der Waals surface area contributed by atoms with Gasteiger partial charge in [0.25, 0.3) is 10.1 Å². The van der Waals surface area contributed by atoms with E-state index in [2.05, 4.69) is 26.2 Å². The monoisotopic (exact) mass is 626 g/mol. The second kappa shape index (κ2) is 12.1. The van der Waals surface area contributed by atoms with Crippen molar-refractivity contribution in [3.8, 4) is 11.1 Å². The van der Waals surface area contributed by atoms with Crippen LogP contribution in [0.2, 0.25) is 0 Å². The summed E-state index contributed by atoms with van der Waals surface area (Å²) < 4.78 is 31.8. The molecular weight excluding hydrogens is 600 g/mol. The predicted molar refractivity (Wildman–Crippen MR) is 170 cm³/mol. The van der Waals surface area contributed by atoms with Crippen LogP contribution in [-0.2, 0) is 24.5 Å². The topological polar surface area (TPSA) is 190 Å². The van der Waals surface area contributed by atoms with Gasteiger partial charge in [-0.1, -0.05) is 12.1 Å². The first-order valence-corrected chi connectivity index (χ1v) is 14.8. The quantitative estimate of drug-likeness (QED) is 0.122. The molecule has 0 fully saturated rings. The van der Waals surface area contributed by atoms with E-state index in [9.17, 15) is 27.4 Å². The number of anilines is 3. The van der Waals surface area contributed by atoms with Gasteiger partial charge in [0.15, 0.2) is 11.5 Å². The molecule has 1 heterocycles. The number of carbonyl (C=O) groups excluding carboxylic acids is 2. The van der Waals surface area contributed by atoms with E-state index in [-0.39, 0.29) is 16.2 Å². The first kappa shape index (κ1) is 30.7. The molecule has 3 aromatic rings. The van der Waals surface area contributed by atoms with Crippen LogP contribution in [-0.4, -0.2) is 52.9 Å². The van der Waals surface area contributed by atoms with Gasteiger partial charge in [0.05, 0.1) is 33.4 Å². The average molecular weight is 627 g/mol. The normalized spacial score (nSPS) is 16.7. The van der Waals surface area contributed by atoms with Crippen LogP contribution in [0.15, 0.2) is 105 Å². The van der Waals surface area contributed by atoms with Crippen molar-refractivity contribution in [2.45, 2.75) is 25.7 Å². The lowest BCUT2D eigenvalue weighted by Crippen LogP contribution is -2.28. The number of rotatable bonds is 8.